The lowest BCUT2D eigenvalue weighted by atomic mass is 10.0. The highest BCUT2D eigenvalue weighted by Crippen LogP contribution is 2.19. The van der Waals surface area contributed by atoms with E-state index in [1.54, 1.807) is 0 Å². The molecule has 0 saturated carbocycles. The van der Waals surface area contributed by atoms with Gasteiger partial charge in [0.2, 0.25) is 0 Å². The monoisotopic (exact) mass is 1380 g/mol. The average Bonchev–Trinajstić information content (AvgIpc) is 1.14. The molecule has 1 N–H and O–H groups in total. The molecular weight excluding hydrogens is 1220 g/mol. The molecule has 0 heterocycles. The molecule has 0 bridgehead atoms. The van der Waals surface area contributed by atoms with E-state index in [0.717, 1.165) is 103 Å². The van der Waals surface area contributed by atoms with Gasteiger partial charge in [0, 0.05) is 12.8 Å². The fourth-order valence-electron chi connectivity index (χ4n) is 12.0. The summed E-state index contributed by atoms with van der Waals surface area (Å²) in [5, 5.41) is 9.79. The number of carboxylic acids is 1. The van der Waals surface area contributed by atoms with Crippen molar-refractivity contribution in [2.24, 2.45) is 0 Å². The lowest BCUT2D eigenvalue weighted by Crippen LogP contribution is -2.40. The molecule has 0 saturated heterocycles. The zero-order chi connectivity index (χ0) is 71.8. The van der Waals surface area contributed by atoms with Crippen molar-refractivity contribution in [3.05, 3.63) is 122 Å². The van der Waals surface area contributed by atoms with Crippen LogP contribution in [-0.4, -0.2) is 87.4 Å². The third-order valence-electron chi connectivity index (χ3n) is 18.2. The number of carbonyl (C=O) groups is 3. The third kappa shape index (κ3) is 80.9. The van der Waals surface area contributed by atoms with E-state index in [-0.39, 0.29) is 38.2 Å². The van der Waals surface area contributed by atoms with Gasteiger partial charge in [0.05, 0.1) is 34.4 Å². The van der Waals surface area contributed by atoms with Crippen LogP contribution in [0.15, 0.2) is 122 Å². The highest BCUT2D eigenvalue weighted by atomic mass is 16.7. The summed E-state index contributed by atoms with van der Waals surface area (Å²) in [6.45, 7) is 4.70. The first-order valence-corrected chi connectivity index (χ1v) is 41.7. The maximum absolute atomic E-state index is 13.0. The Morgan fingerprint density at radius 2 is 0.545 bits per heavy atom. The van der Waals surface area contributed by atoms with Gasteiger partial charge in [-0.05, 0) is 103 Å². The predicted octanol–water partition coefficient (Wildman–Crippen LogP) is 27.0. The molecule has 2 unspecified atom stereocenters. The number of quaternary nitrogens is 1. The Labute approximate surface area is 612 Å². The van der Waals surface area contributed by atoms with E-state index in [4.69, 9.17) is 18.9 Å². The molecule has 0 aromatic rings. The maximum Gasteiger partial charge on any atom is 0.361 e. The molecule has 0 aliphatic carbocycles. The summed E-state index contributed by atoms with van der Waals surface area (Å²) in [6.07, 6.45) is 111. The summed E-state index contributed by atoms with van der Waals surface area (Å²) in [6, 6.07) is 0. The number of esters is 2. The second kappa shape index (κ2) is 79.4. The third-order valence-corrected chi connectivity index (χ3v) is 18.2. The highest BCUT2D eigenvalue weighted by Gasteiger charge is 2.25. The Kier molecular flexibility index (Phi) is 75.9. The predicted molar refractivity (Wildman–Crippen MR) is 428 cm³/mol. The van der Waals surface area contributed by atoms with Crippen molar-refractivity contribution in [3.63, 3.8) is 0 Å². The van der Waals surface area contributed by atoms with Gasteiger partial charge in [0.15, 0.2) is 6.10 Å². The van der Waals surface area contributed by atoms with Gasteiger partial charge < -0.3 is 28.5 Å². The second-order valence-electron chi connectivity index (χ2n) is 29.0. The lowest BCUT2D eigenvalue weighted by Gasteiger charge is -2.25. The topological polar surface area (TPSA) is 108 Å². The average molecular weight is 1380 g/mol. The Morgan fingerprint density at radius 3 is 0.808 bits per heavy atom. The fraction of sp³-hybridized carbons (Fsp3) is 0.744. The van der Waals surface area contributed by atoms with Crippen molar-refractivity contribution in [1.82, 2.24) is 0 Å². The molecule has 0 radical (unpaired) electrons. The Hall–Kier alpha value is -4.31. The number of hydrogen-bond acceptors (Lipinski definition) is 7. The van der Waals surface area contributed by atoms with Crippen LogP contribution >= 0.6 is 0 Å². The highest BCUT2D eigenvalue weighted by molar-refractivity contribution is 5.71. The van der Waals surface area contributed by atoms with Crippen LogP contribution in [0.5, 0.6) is 0 Å². The molecule has 0 aliphatic heterocycles. The van der Waals surface area contributed by atoms with Gasteiger partial charge in [-0.1, -0.05) is 379 Å². The van der Waals surface area contributed by atoms with Gasteiger partial charge >= 0.3 is 17.9 Å². The molecule has 0 fully saturated rings. The Morgan fingerprint density at radius 1 is 0.303 bits per heavy atom. The summed E-state index contributed by atoms with van der Waals surface area (Å²) in [4.78, 5) is 37.8. The first-order chi connectivity index (χ1) is 48.6. The fourth-order valence-corrected chi connectivity index (χ4v) is 12.0. The van der Waals surface area contributed by atoms with Gasteiger partial charge in [-0.3, -0.25) is 9.59 Å². The quantitative estimate of drug-likeness (QED) is 0.0211. The van der Waals surface area contributed by atoms with Crippen molar-refractivity contribution in [3.8, 4) is 0 Å². The van der Waals surface area contributed by atoms with E-state index in [2.05, 4.69) is 135 Å². The van der Waals surface area contributed by atoms with E-state index in [0.29, 0.717) is 17.4 Å². The van der Waals surface area contributed by atoms with Gasteiger partial charge in [-0.15, -0.1) is 0 Å². The van der Waals surface area contributed by atoms with E-state index >= 15 is 0 Å². The second-order valence-corrected chi connectivity index (χ2v) is 29.0. The van der Waals surface area contributed by atoms with Crippen molar-refractivity contribution in [1.29, 1.82) is 0 Å². The maximum atomic E-state index is 13.0. The SMILES string of the molecule is CC/C=C\C/C=C\C/C=C\C/C=C\C/C=C\C/C=C\CCCCCCCCCCCCCCCCCCCCCCC(=O)OC(COC(=O)CCCCCCCCCCCCCCCCCCCCCCCC/C=C\C/C=C\C/C=C\C/C=C\CC)COC(OCC[N+](C)(C)C)C(=O)O. The summed E-state index contributed by atoms with van der Waals surface area (Å²) in [7, 11) is 5.99. The van der Waals surface area contributed by atoms with Crippen LogP contribution in [0.3, 0.4) is 0 Å². The minimum atomic E-state index is -1.51. The molecule has 0 aromatic heterocycles. The molecule has 99 heavy (non-hydrogen) atoms. The largest absolute Gasteiger partial charge is 0.477 e. The van der Waals surface area contributed by atoms with Gasteiger partial charge in [-0.2, -0.15) is 0 Å². The molecule has 9 heteroatoms. The van der Waals surface area contributed by atoms with Crippen LogP contribution in [0.2, 0.25) is 0 Å². The molecule has 0 aromatic carbocycles. The first-order valence-electron chi connectivity index (χ1n) is 41.7. The Balaban J connectivity index is 3.97. The minimum Gasteiger partial charge on any atom is -0.477 e. The first kappa shape index (κ1) is 94.7. The molecular formula is C90H158NO8+. The van der Waals surface area contributed by atoms with Crippen molar-refractivity contribution in [2.45, 2.75) is 386 Å². The van der Waals surface area contributed by atoms with Crippen LogP contribution in [-0.2, 0) is 33.3 Å². The molecule has 2 atom stereocenters. The number of hydrogen-bond donors (Lipinski definition) is 1. The molecule has 570 valence electrons. The molecule has 9 nitrogen and oxygen atoms in total. The molecule has 0 amide bonds. The number of carboxylic acid groups (broad SMARTS) is 1. The summed E-state index contributed by atoms with van der Waals surface area (Å²) in [5.41, 5.74) is 0. The molecule has 0 spiro atoms. The van der Waals surface area contributed by atoms with E-state index in [1.165, 1.54) is 244 Å². The van der Waals surface area contributed by atoms with Crippen LogP contribution in [0.4, 0.5) is 0 Å². The van der Waals surface area contributed by atoms with E-state index in [1.807, 2.05) is 21.1 Å². The summed E-state index contributed by atoms with van der Waals surface area (Å²) in [5.74, 6) is -1.98. The van der Waals surface area contributed by atoms with Gasteiger partial charge in [0.1, 0.15) is 13.2 Å². The van der Waals surface area contributed by atoms with E-state index < -0.39 is 18.4 Å². The van der Waals surface area contributed by atoms with Gasteiger partial charge in [-0.25, -0.2) is 4.79 Å². The normalized spacial score (nSPS) is 13.3. The smallest absolute Gasteiger partial charge is 0.361 e. The number of likely N-dealkylation sites (N-methyl/N-ethyl adjacent to an activating group) is 1. The summed E-state index contributed by atoms with van der Waals surface area (Å²) < 4.78 is 23.1. The molecule has 0 rings (SSSR count). The summed E-state index contributed by atoms with van der Waals surface area (Å²) >= 11 is 0. The van der Waals surface area contributed by atoms with Crippen LogP contribution < -0.4 is 0 Å². The number of unbranched alkanes of at least 4 members (excludes halogenated alkanes) is 42. The zero-order valence-electron chi connectivity index (χ0n) is 65.4. The number of carbonyl (C=O) groups excluding carboxylic acids is 2. The van der Waals surface area contributed by atoms with E-state index in [9.17, 15) is 19.5 Å². The van der Waals surface area contributed by atoms with Crippen molar-refractivity contribution in [2.75, 3.05) is 47.5 Å². The zero-order valence-corrected chi connectivity index (χ0v) is 65.4. The van der Waals surface area contributed by atoms with Crippen LogP contribution in [0.1, 0.15) is 373 Å². The minimum absolute atomic E-state index is 0.180. The molecule has 0 aliphatic rings. The number of nitrogens with zero attached hydrogens (tertiary/aromatic N) is 1. The van der Waals surface area contributed by atoms with Crippen molar-refractivity contribution >= 4 is 17.9 Å². The van der Waals surface area contributed by atoms with Crippen LogP contribution in [0, 0.1) is 0 Å². The Bertz CT molecular complexity index is 2050. The number of rotatable bonds is 77. The number of allylic oxidation sites excluding steroid dienone is 20. The van der Waals surface area contributed by atoms with Gasteiger partial charge in [0.25, 0.3) is 6.29 Å². The standard InChI is InChI=1S/C90H157NO8/c1-6-8-10-12-14-16-18-20-22-24-26-28-30-32-34-36-38-40-42-43-44-45-47-49-51-53-55-57-59-61-63-65-67-69-71-73-75-77-79-81-88(93)99-86(85-98-90(89(94)95)96-83-82-91(3,4)5)84-97-87(92)80-78-76-74-72-70-68-66-64-62-60-58-56-54-52-50-48-46-41-39-37-35-33-31-29-27-25-23-21-19-17-15-13-11-9-7-2/h8-11,14-17,20-23,26-29,32,34,38,40,86,90H,6-7,12-13,18-19,24-25,30-31,33,35-37,39,41-85H2,1-5H3/p+1/b10-8-,11-9-,16-14-,17-15-,22-20-,23-21-,28-26-,29-27-,34-32-,40-38-. The number of aliphatic carboxylic acids is 1. The lowest BCUT2D eigenvalue weighted by molar-refractivity contribution is -0.870. The van der Waals surface area contributed by atoms with Crippen molar-refractivity contribution < 1.29 is 42.9 Å². The van der Waals surface area contributed by atoms with Crippen LogP contribution in [0.25, 0.3) is 0 Å². The number of ether oxygens (including phenoxy) is 4.